The van der Waals surface area contributed by atoms with E-state index in [1.165, 1.54) is 0 Å². The van der Waals surface area contributed by atoms with Gasteiger partial charge in [-0.1, -0.05) is 12.1 Å². The second-order valence-electron chi connectivity index (χ2n) is 7.92. The molecular weight excluding hydrogens is 507 g/mol. The molecule has 1 atom stereocenters. The van der Waals surface area contributed by atoms with Gasteiger partial charge in [-0.2, -0.15) is 8.78 Å². The number of anilines is 1. The van der Waals surface area contributed by atoms with Crippen LogP contribution >= 0.6 is 24.0 Å². The predicted octanol–water partition coefficient (Wildman–Crippen LogP) is 2.95. The smallest absolute Gasteiger partial charge is 0.387 e. The van der Waals surface area contributed by atoms with E-state index >= 15 is 0 Å². The van der Waals surface area contributed by atoms with Crippen LogP contribution in [0.2, 0.25) is 0 Å². The van der Waals surface area contributed by atoms with Crippen LogP contribution in [0.4, 0.5) is 14.5 Å². The van der Waals surface area contributed by atoms with Crippen LogP contribution in [0.1, 0.15) is 34.1 Å². The number of ether oxygens (including phenoxy) is 1. The maximum atomic E-state index is 12.7. The third-order valence-electron chi connectivity index (χ3n) is 4.19. The van der Waals surface area contributed by atoms with Crippen molar-refractivity contribution in [3.8, 4) is 5.75 Å². The maximum Gasteiger partial charge on any atom is 0.387 e. The molecule has 1 aromatic rings. The maximum absolute atomic E-state index is 12.7. The molecule has 0 saturated carbocycles. The van der Waals surface area contributed by atoms with Gasteiger partial charge in [0.05, 0.1) is 5.69 Å². The number of halogens is 3. The molecule has 0 radical (unpaired) electrons. The summed E-state index contributed by atoms with van der Waals surface area (Å²) in [7, 11) is 0. The van der Waals surface area contributed by atoms with Gasteiger partial charge >= 0.3 is 6.61 Å². The first-order valence-electron chi connectivity index (χ1n) is 9.82. The third-order valence-corrected chi connectivity index (χ3v) is 4.19. The van der Waals surface area contributed by atoms with Crippen LogP contribution in [0.3, 0.4) is 0 Å². The topological polar surface area (TPSA) is 78.0 Å². The zero-order valence-corrected chi connectivity index (χ0v) is 20.2. The number of hydrogen-bond donors (Lipinski definition) is 3. The molecule has 170 valence electrons. The molecule has 2 rings (SSSR count). The van der Waals surface area contributed by atoms with Gasteiger partial charge in [0.15, 0.2) is 5.96 Å². The Kier molecular flexibility index (Phi) is 10.6. The number of benzene rings is 1. The van der Waals surface area contributed by atoms with Gasteiger partial charge in [0.1, 0.15) is 12.3 Å². The summed E-state index contributed by atoms with van der Waals surface area (Å²) in [5.41, 5.74) is 0.335. The molecule has 1 fully saturated rings. The second-order valence-corrected chi connectivity index (χ2v) is 7.92. The number of alkyl halides is 2. The number of rotatable bonds is 7. The van der Waals surface area contributed by atoms with E-state index in [1.807, 2.05) is 32.6 Å². The average molecular weight is 539 g/mol. The Morgan fingerprint density at radius 1 is 1.33 bits per heavy atom. The van der Waals surface area contributed by atoms with E-state index in [4.69, 9.17) is 0 Å². The lowest BCUT2D eigenvalue weighted by atomic mass is 10.1. The summed E-state index contributed by atoms with van der Waals surface area (Å²) >= 11 is 0. The molecule has 1 aliphatic heterocycles. The van der Waals surface area contributed by atoms with Crippen molar-refractivity contribution in [2.75, 3.05) is 31.1 Å². The molecule has 1 amide bonds. The molecule has 0 bridgehead atoms. The quantitative estimate of drug-likeness (QED) is 0.282. The minimum atomic E-state index is -2.86. The van der Waals surface area contributed by atoms with Crippen LogP contribution in [0.5, 0.6) is 5.75 Å². The minimum absolute atomic E-state index is 0. The van der Waals surface area contributed by atoms with Crippen molar-refractivity contribution < 1.29 is 18.3 Å². The standard InChI is InChI=1S/C20H31F2N5O2.HI/c1-5-23-19(24-12-17(28)26-20(2,3)4)25-14-10-11-27(13-14)15-8-6-7-9-16(15)29-18(21)22;/h6-9,14,18H,5,10-13H2,1-4H3,(H,26,28)(H2,23,24,25);1H. The van der Waals surface area contributed by atoms with Crippen molar-refractivity contribution in [3.05, 3.63) is 24.3 Å². The highest BCUT2D eigenvalue weighted by Crippen LogP contribution is 2.31. The molecular formula is C20H32F2IN5O2. The molecule has 1 unspecified atom stereocenters. The molecule has 30 heavy (non-hydrogen) atoms. The highest BCUT2D eigenvalue weighted by Gasteiger charge is 2.26. The largest absolute Gasteiger partial charge is 0.433 e. The Labute approximate surface area is 194 Å². The molecule has 7 nitrogen and oxygen atoms in total. The van der Waals surface area contributed by atoms with E-state index in [9.17, 15) is 13.6 Å². The number of nitrogens with zero attached hydrogens (tertiary/aromatic N) is 2. The fraction of sp³-hybridized carbons (Fsp3) is 0.600. The van der Waals surface area contributed by atoms with Crippen molar-refractivity contribution >= 4 is 41.5 Å². The van der Waals surface area contributed by atoms with Gasteiger partial charge in [0.2, 0.25) is 5.91 Å². The van der Waals surface area contributed by atoms with Crippen molar-refractivity contribution in [2.45, 2.75) is 52.3 Å². The number of carbonyl (C=O) groups excluding carboxylic acids is 1. The number of nitrogens with one attached hydrogen (secondary N) is 3. The third kappa shape index (κ3) is 8.88. The van der Waals surface area contributed by atoms with E-state index in [-0.39, 0.29) is 53.8 Å². The van der Waals surface area contributed by atoms with Crippen LogP contribution in [0.15, 0.2) is 29.3 Å². The highest BCUT2D eigenvalue weighted by molar-refractivity contribution is 14.0. The predicted molar refractivity (Wildman–Crippen MR) is 126 cm³/mol. The Balaban J connectivity index is 0.00000450. The van der Waals surface area contributed by atoms with Gasteiger partial charge in [-0.25, -0.2) is 4.99 Å². The summed E-state index contributed by atoms with van der Waals surface area (Å²) in [6.07, 6.45) is 0.807. The molecule has 3 N–H and O–H groups in total. The number of hydrogen-bond acceptors (Lipinski definition) is 4. The Hall–Kier alpha value is -1.85. The lowest BCUT2D eigenvalue weighted by Crippen LogP contribution is -2.46. The van der Waals surface area contributed by atoms with Crippen LogP contribution in [0.25, 0.3) is 0 Å². The summed E-state index contributed by atoms with van der Waals surface area (Å²) in [5, 5.41) is 9.34. The average Bonchev–Trinajstić information content (AvgIpc) is 3.07. The van der Waals surface area contributed by atoms with Gasteiger partial charge in [0.25, 0.3) is 0 Å². The number of amides is 1. The second kappa shape index (κ2) is 12.1. The Morgan fingerprint density at radius 2 is 2.03 bits per heavy atom. The minimum Gasteiger partial charge on any atom is -0.433 e. The molecule has 1 saturated heterocycles. The number of para-hydroxylation sites is 2. The van der Waals surface area contributed by atoms with Crippen LogP contribution in [0, 0.1) is 0 Å². The van der Waals surface area contributed by atoms with Crippen molar-refractivity contribution in [1.82, 2.24) is 16.0 Å². The van der Waals surface area contributed by atoms with Crippen molar-refractivity contribution in [1.29, 1.82) is 0 Å². The van der Waals surface area contributed by atoms with Gasteiger partial charge < -0.3 is 25.6 Å². The van der Waals surface area contributed by atoms with Gasteiger partial charge in [-0.3, -0.25) is 4.79 Å². The first-order valence-corrected chi connectivity index (χ1v) is 9.82. The first-order chi connectivity index (χ1) is 13.7. The van der Waals surface area contributed by atoms with Crippen molar-refractivity contribution in [2.24, 2.45) is 4.99 Å². The zero-order valence-electron chi connectivity index (χ0n) is 17.9. The highest BCUT2D eigenvalue weighted by atomic mass is 127. The van der Waals surface area contributed by atoms with E-state index in [0.717, 1.165) is 6.42 Å². The van der Waals surface area contributed by atoms with E-state index in [0.29, 0.717) is 31.3 Å². The number of guanidine groups is 1. The molecule has 0 aliphatic carbocycles. The van der Waals surface area contributed by atoms with Gasteiger partial charge in [-0.15, -0.1) is 24.0 Å². The van der Waals surface area contributed by atoms with Gasteiger partial charge in [0, 0.05) is 31.2 Å². The lowest BCUT2D eigenvalue weighted by Gasteiger charge is -2.23. The summed E-state index contributed by atoms with van der Waals surface area (Å²) in [6, 6.07) is 6.86. The lowest BCUT2D eigenvalue weighted by molar-refractivity contribution is -0.121. The van der Waals surface area contributed by atoms with Crippen molar-refractivity contribution in [3.63, 3.8) is 0 Å². The van der Waals surface area contributed by atoms with Crippen LogP contribution in [-0.4, -0.2) is 56.2 Å². The van der Waals surface area contributed by atoms with E-state index in [1.54, 1.807) is 24.3 Å². The van der Waals surface area contributed by atoms with Gasteiger partial charge in [-0.05, 0) is 46.2 Å². The summed E-state index contributed by atoms with van der Waals surface area (Å²) < 4.78 is 30.0. The number of aliphatic imine (C=N–C) groups is 1. The molecule has 10 heteroatoms. The molecule has 0 aromatic heterocycles. The molecule has 1 aliphatic rings. The molecule has 0 spiro atoms. The molecule has 1 heterocycles. The van der Waals surface area contributed by atoms with E-state index < -0.39 is 6.61 Å². The normalized spacial score (nSPS) is 16.8. The zero-order chi connectivity index (χ0) is 21.4. The van der Waals surface area contributed by atoms with Crippen LogP contribution < -0.4 is 25.6 Å². The summed E-state index contributed by atoms with van der Waals surface area (Å²) in [6.45, 7) is 6.84. The summed E-state index contributed by atoms with van der Waals surface area (Å²) in [4.78, 5) is 18.4. The Bertz CT molecular complexity index is 713. The SMILES string of the molecule is CCNC(=NCC(=O)NC(C)(C)C)NC1CCN(c2ccccc2OC(F)F)C1.I. The fourth-order valence-corrected chi connectivity index (χ4v) is 3.13. The first kappa shape index (κ1) is 26.2. The molecule has 1 aromatic carbocycles. The summed E-state index contributed by atoms with van der Waals surface area (Å²) in [5.74, 6) is 0.573. The monoisotopic (exact) mass is 539 g/mol. The fourth-order valence-electron chi connectivity index (χ4n) is 3.13. The Morgan fingerprint density at radius 3 is 2.67 bits per heavy atom. The van der Waals surface area contributed by atoms with E-state index in [2.05, 4.69) is 25.7 Å². The number of carbonyl (C=O) groups is 1. The van der Waals surface area contributed by atoms with Crippen LogP contribution in [-0.2, 0) is 4.79 Å².